The molecule has 0 aliphatic carbocycles. The van der Waals surface area contributed by atoms with Gasteiger partial charge in [0.2, 0.25) is 10.0 Å². The first-order chi connectivity index (χ1) is 8.14. The van der Waals surface area contributed by atoms with Crippen LogP contribution in [-0.4, -0.2) is 43.9 Å². The molecule has 0 aromatic carbocycles. The van der Waals surface area contributed by atoms with Gasteiger partial charge in [0, 0.05) is 25.5 Å². The van der Waals surface area contributed by atoms with E-state index in [9.17, 15) is 8.42 Å². The Kier molecular flexibility index (Phi) is 6.17. The Bertz CT molecular complexity index is 388. The Hall–Kier alpha value is -0.920. The van der Waals surface area contributed by atoms with Crippen molar-refractivity contribution in [2.24, 2.45) is 0 Å². The number of nitrogens with one attached hydrogen (secondary N) is 2. The van der Waals surface area contributed by atoms with Crippen LogP contribution in [0.15, 0.2) is 18.7 Å². The molecule has 98 valence electrons. The van der Waals surface area contributed by atoms with Crippen molar-refractivity contribution in [3.63, 3.8) is 0 Å². The molecule has 0 bridgehead atoms. The summed E-state index contributed by atoms with van der Waals surface area (Å²) in [6, 6.07) is 0. The zero-order valence-electron chi connectivity index (χ0n) is 10.1. The highest BCUT2D eigenvalue weighted by atomic mass is 32.2. The van der Waals surface area contributed by atoms with Crippen LogP contribution in [0.5, 0.6) is 0 Å². The Morgan fingerprint density at radius 1 is 1.29 bits per heavy atom. The molecular formula is C10H20N4O2S. The third-order valence-corrected chi connectivity index (χ3v) is 3.81. The predicted molar refractivity (Wildman–Crippen MR) is 67.2 cm³/mol. The van der Waals surface area contributed by atoms with E-state index in [-0.39, 0.29) is 5.75 Å². The molecule has 0 aliphatic rings. The van der Waals surface area contributed by atoms with Crippen LogP contribution in [0.1, 0.15) is 12.8 Å². The number of imidazole rings is 1. The third kappa shape index (κ3) is 6.40. The summed E-state index contributed by atoms with van der Waals surface area (Å²) in [6.45, 7) is 1.87. The molecule has 6 nitrogen and oxygen atoms in total. The van der Waals surface area contributed by atoms with Gasteiger partial charge in [0.15, 0.2) is 0 Å². The largest absolute Gasteiger partial charge is 0.336 e. The molecule has 17 heavy (non-hydrogen) atoms. The smallest absolute Gasteiger partial charge is 0.211 e. The Morgan fingerprint density at radius 2 is 2.12 bits per heavy atom. The summed E-state index contributed by atoms with van der Waals surface area (Å²) in [5.74, 6) is 0.193. The summed E-state index contributed by atoms with van der Waals surface area (Å²) >= 11 is 0. The van der Waals surface area contributed by atoms with Crippen LogP contribution >= 0.6 is 0 Å². The van der Waals surface area contributed by atoms with Crippen LogP contribution in [-0.2, 0) is 16.6 Å². The Morgan fingerprint density at radius 3 is 2.76 bits per heavy atom. The Balaban J connectivity index is 2.16. The van der Waals surface area contributed by atoms with E-state index in [2.05, 4.69) is 15.0 Å². The maximum atomic E-state index is 11.6. The van der Waals surface area contributed by atoms with Gasteiger partial charge in [0.05, 0.1) is 12.1 Å². The van der Waals surface area contributed by atoms with Crippen molar-refractivity contribution in [3.05, 3.63) is 18.7 Å². The standard InChI is InChI=1S/C10H20N4O2S/c1-11-4-2-3-9-17(15,16)13-6-8-14-7-5-12-10-14/h5,7,10-11,13H,2-4,6,8-9H2,1H3. The molecule has 0 aliphatic heterocycles. The topological polar surface area (TPSA) is 76.0 Å². The molecule has 0 saturated heterocycles. The lowest BCUT2D eigenvalue weighted by atomic mass is 10.3. The maximum absolute atomic E-state index is 11.6. The van der Waals surface area contributed by atoms with Crippen LogP contribution in [0.4, 0.5) is 0 Å². The first-order valence-corrected chi connectivity index (χ1v) is 7.37. The minimum absolute atomic E-state index is 0.193. The van der Waals surface area contributed by atoms with Gasteiger partial charge in [-0.1, -0.05) is 0 Å². The second-order valence-electron chi connectivity index (χ2n) is 3.82. The molecule has 1 aromatic heterocycles. The molecular weight excluding hydrogens is 240 g/mol. The van der Waals surface area contributed by atoms with Crippen LogP contribution in [0.2, 0.25) is 0 Å². The molecule has 0 radical (unpaired) electrons. The van der Waals surface area contributed by atoms with E-state index in [0.29, 0.717) is 19.5 Å². The summed E-state index contributed by atoms with van der Waals surface area (Å²) in [4.78, 5) is 3.89. The lowest BCUT2D eigenvalue weighted by Gasteiger charge is -2.07. The van der Waals surface area contributed by atoms with Crippen molar-refractivity contribution in [2.75, 3.05) is 25.9 Å². The third-order valence-electron chi connectivity index (χ3n) is 2.34. The highest BCUT2D eigenvalue weighted by Crippen LogP contribution is 1.94. The van der Waals surface area contributed by atoms with Gasteiger partial charge in [0.1, 0.15) is 0 Å². The van der Waals surface area contributed by atoms with Crippen molar-refractivity contribution in [1.29, 1.82) is 0 Å². The summed E-state index contributed by atoms with van der Waals surface area (Å²) in [5.41, 5.74) is 0. The van der Waals surface area contributed by atoms with Gasteiger partial charge in [0.25, 0.3) is 0 Å². The van der Waals surface area contributed by atoms with Gasteiger partial charge >= 0.3 is 0 Å². The lowest BCUT2D eigenvalue weighted by Crippen LogP contribution is -2.29. The van der Waals surface area contributed by atoms with Crippen LogP contribution in [0, 0.1) is 0 Å². The van der Waals surface area contributed by atoms with Gasteiger partial charge in [-0.2, -0.15) is 0 Å². The average molecular weight is 260 g/mol. The van der Waals surface area contributed by atoms with E-state index < -0.39 is 10.0 Å². The molecule has 0 spiro atoms. The molecule has 0 amide bonds. The van der Waals surface area contributed by atoms with Gasteiger partial charge in [-0.25, -0.2) is 18.1 Å². The number of rotatable bonds is 9. The number of unbranched alkanes of at least 4 members (excludes halogenated alkanes) is 1. The average Bonchev–Trinajstić information content (AvgIpc) is 2.77. The fourth-order valence-electron chi connectivity index (χ4n) is 1.42. The van der Waals surface area contributed by atoms with Crippen LogP contribution < -0.4 is 10.0 Å². The number of aromatic nitrogens is 2. The lowest BCUT2D eigenvalue weighted by molar-refractivity contribution is 0.567. The first-order valence-electron chi connectivity index (χ1n) is 5.72. The summed E-state index contributed by atoms with van der Waals surface area (Å²) in [5, 5.41) is 2.99. The zero-order valence-corrected chi connectivity index (χ0v) is 10.9. The van der Waals surface area contributed by atoms with E-state index in [1.165, 1.54) is 0 Å². The monoisotopic (exact) mass is 260 g/mol. The van der Waals surface area contributed by atoms with Gasteiger partial charge < -0.3 is 9.88 Å². The highest BCUT2D eigenvalue weighted by Gasteiger charge is 2.08. The normalized spacial score (nSPS) is 11.8. The number of hydrogen-bond acceptors (Lipinski definition) is 4. The van der Waals surface area contributed by atoms with Gasteiger partial charge in [-0.15, -0.1) is 0 Å². The number of sulfonamides is 1. The van der Waals surface area contributed by atoms with Crippen molar-refractivity contribution in [3.8, 4) is 0 Å². The van der Waals surface area contributed by atoms with Gasteiger partial charge in [-0.05, 0) is 26.4 Å². The van der Waals surface area contributed by atoms with Crippen LogP contribution in [0.3, 0.4) is 0 Å². The SMILES string of the molecule is CNCCCCS(=O)(=O)NCCn1ccnc1. The van der Waals surface area contributed by atoms with Crippen molar-refractivity contribution >= 4 is 10.0 Å². The fourth-order valence-corrected chi connectivity index (χ4v) is 2.55. The minimum Gasteiger partial charge on any atom is -0.336 e. The fraction of sp³-hybridized carbons (Fsp3) is 0.700. The molecule has 0 unspecified atom stereocenters. The molecule has 0 fully saturated rings. The molecule has 7 heteroatoms. The first kappa shape index (κ1) is 14.1. The van der Waals surface area contributed by atoms with Crippen molar-refractivity contribution in [2.45, 2.75) is 19.4 Å². The molecule has 0 saturated carbocycles. The second kappa shape index (κ2) is 7.41. The molecule has 1 aromatic rings. The van der Waals surface area contributed by atoms with E-state index in [0.717, 1.165) is 13.0 Å². The van der Waals surface area contributed by atoms with E-state index >= 15 is 0 Å². The quantitative estimate of drug-likeness (QED) is 0.603. The minimum atomic E-state index is -3.13. The van der Waals surface area contributed by atoms with Crippen LogP contribution in [0.25, 0.3) is 0 Å². The summed E-state index contributed by atoms with van der Waals surface area (Å²) in [6.07, 6.45) is 6.70. The zero-order chi connectivity index (χ0) is 12.6. The van der Waals surface area contributed by atoms with E-state index in [1.54, 1.807) is 18.7 Å². The summed E-state index contributed by atoms with van der Waals surface area (Å²) < 4.78 is 27.5. The predicted octanol–water partition coefficient (Wildman–Crippen LogP) is -0.198. The highest BCUT2D eigenvalue weighted by molar-refractivity contribution is 7.89. The Labute approximate surface area is 102 Å². The molecule has 0 atom stereocenters. The van der Waals surface area contributed by atoms with Gasteiger partial charge in [-0.3, -0.25) is 0 Å². The van der Waals surface area contributed by atoms with E-state index in [4.69, 9.17) is 0 Å². The number of nitrogens with zero attached hydrogens (tertiary/aromatic N) is 2. The van der Waals surface area contributed by atoms with Crippen molar-refractivity contribution < 1.29 is 8.42 Å². The molecule has 1 rings (SSSR count). The maximum Gasteiger partial charge on any atom is 0.211 e. The van der Waals surface area contributed by atoms with E-state index in [1.807, 2.05) is 11.6 Å². The molecule has 2 N–H and O–H groups in total. The molecule has 1 heterocycles. The second-order valence-corrected chi connectivity index (χ2v) is 5.75. The van der Waals surface area contributed by atoms with Crippen molar-refractivity contribution in [1.82, 2.24) is 19.6 Å². The summed E-state index contributed by atoms with van der Waals surface area (Å²) in [7, 11) is -1.27. The number of hydrogen-bond donors (Lipinski definition) is 2.